The van der Waals surface area contributed by atoms with Crippen LogP contribution in [-0.4, -0.2) is 23.3 Å². The number of halogens is 1. The van der Waals surface area contributed by atoms with E-state index < -0.39 is 0 Å². The monoisotopic (exact) mass is 298 g/mol. The average molecular weight is 299 g/mol. The van der Waals surface area contributed by atoms with Crippen molar-refractivity contribution in [3.05, 3.63) is 29.4 Å². The van der Waals surface area contributed by atoms with Crippen molar-refractivity contribution in [1.29, 1.82) is 0 Å². The van der Waals surface area contributed by atoms with Gasteiger partial charge in [-0.05, 0) is 18.6 Å². The molecule has 92 valence electrons. The highest BCUT2D eigenvalue weighted by Crippen LogP contribution is 2.21. The van der Waals surface area contributed by atoms with Gasteiger partial charge < -0.3 is 4.74 Å². The molecule has 0 saturated heterocycles. The Morgan fingerprint density at radius 1 is 1.47 bits per heavy atom. The zero-order chi connectivity index (χ0) is 12.7. The maximum absolute atomic E-state index is 11.6. The quantitative estimate of drug-likeness (QED) is 0.339. The molecule has 0 bridgehead atoms. The lowest BCUT2D eigenvalue weighted by Gasteiger charge is -2.11. The van der Waals surface area contributed by atoms with Gasteiger partial charge in [0.1, 0.15) is 5.94 Å². The predicted molar refractivity (Wildman–Crippen MR) is 69.6 cm³/mol. The largest absolute Gasteiger partial charge is 0.462 e. The van der Waals surface area contributed by atoms with Crippen LogP contribution in [0.3, 0.4) is 0 Å². The van der Waals surface area contributed by atoms with Crippen molar-refractivity contribution in [3.63, 3.8) is 0 Å². The Morgan fingerprint density at radius 2 is 2.24 bits per heavy atom. The van der Waals surface area contributed by atoms with Crippen LogP contribution < -0.4 is 0 Å². The number of carbonyl (C=O) groups is 1. The second-order valence-corrected chi connectivity index (χ2v) is 4.74. The van der Waals surface area contributed by atoms with Gasteiger partial charge in [0, 0.05) is 0 Å². The summed E-state index contributed by atoms with van der Waals surface area (Å²) in [5.41, 5.74) is 0.954. The number of alkyl halides is 1. The molecule has 1 aliphatic rings. The molecule has 0 aliphatic heterocycles. The van der Waals surface area contributed by atoms with Crippen LogP contribution >= 0.6 is 15.9 Å². The number of rotatable bonds is 5. The van der Waals surface area contributed by atoms with Gasteiger partial charge in [-0.1, -0.05) is 41.8 Å². The summed E-state index contributed by atoms with van der Waals surface area (Å²) in [7, 11) is 0. The first kappa shape index (κ1) is 13.9. The molecule has 4 heteroatoms. The topological polar surface area (TPSA) is 43.4 Å². The number of esters is 1. The molecule has 0 aromatic rings. The van der Waals surface area contributed by atoms with Crippen molar-refractivity contribution in [2.24, 2.45) is 0 Å². The summed E-state index contributed by atoms with van der Waals surface area (Å²) in [6.45, 7) is 2.54. The van der Waals surface area contributed by atoms with Gasteiger partial charge >= 0.3 is 5.97 Å². The summed E-state index contributed by atoms with van der Waals surface area (Å²) in [6.07, 6.45) is 7.85. The Bertz CT molecular complexity index is 389. The predicted octanol–water partition coefficient (Wildman–Crippen LogP) is 2.74. The smallest absolute Gasteiger partial charge is 0.337 e. The normalized spacial score (nSPS) is 18.6. The molecule has 0 radical (unpaired) electrons. The first-order valence-electron chi connectivity index (χ1n) is 5.65. The van der Waals surface area contributed by atoms with Crippen LogP contribution in [0.1, 0.15) is 26.2 Å². The molecule has 1 aliphatic carbocycles. The van der Waals surface area contributed by atoms with Gasteiger partial charge in [-0.3, -0.25) is 0 Å². The third-order valence-electron chi connectivity index (χ3n) is 2.40. The Labute approximate surface area is 109 Å². The molecular formula is C13H15BrO3. The van der Waals surface area contributed by atoms with Gasteiger partial charge in [0.15, 0.2) is 0 Å². The molecule has 3 nitrogen and oxygen atoms in total. The maximum atomic E-state index is 11.6. The second kappa shape index (κ2) is 7.25. The summed E-state index contributed by atoms with van der Waals surface area (Å²) >= 11 is 3.28. The zero-order valence-corrected chi connectivity index (χ0v) is 11.3. The maximum Gasteiger partial charge on any atom is 0.337 e. The lowest BCUT2D eigenvalue weighted by atomic mass is 10.0. The summed E-state index contributed by atoms with van der Waals surface area (Å²) < 4.78 is 5.11. The van der Waals surface area contributed by atoms with Crippen LogP contribution in [0.5, 0.6) is 0 Å². The number of hydrogen-bond acceptors (Lipinski definition) is 3. The molecular weight excluding hydrogens is 284 g/mol. The van der Waals surface area contributed by atoms with E-state index in [0.29, 0.717) is 17.8 Å². The highest BCUT2D eigenvalue weighted by atomic mass is 79.9. The number of carbonyl (C=O) groups excluding carboxylic acids is 2. The number of hydrogen-bond donors (Lipinski definition) is 0. The molecule has 0 heterocycles. The van der Waals surface area contributed by atoms with Crippen LogP contribution in [0.25, 0.3) is 0 Å². The van der Waals surface area contributed by atoms with Crippen molar-refractivity contribution in [2.75, 3.05) is 6.61 Å². The first-order valence-corrected chi connectivity index (χ1v) is 6.56. The van der Waals surface area contributed by atoms with Gasteiger partial charge in [-0.25, -0.2) is 9.59 Å². The molecule has 0 amide bonds. The summed E-state index contributed by atoms with van der Waals surface area (Å²) in [6, 6.07) is 0. The van der Waals surface area contributed by atoms with Crippen molar-refractivity contribution in [3.8, 4) is 0 Å². The van der Waals surface area contributed by atoms with Crippen molar-refractivity contribution < 1.29 is 14.3 Å². The summed E-state index contributed by atoms with van der Waals surface area (Å²) in [5, 5.41) is 0. The van der Waals surface area contributed by atoms with E-state index in [2.05, 4.69) is 22.9 Å². The zero-order valence-electron chi connectivity index (χ0n) is 9.74. The van der Waals surface area contributed by atoms with E-state index in [4.69, 9.17) is 4.74 Å². The van der Waals surface area contributed by atoms with E-state index in [1.165, 1.54) is 0 Å². The van der Waals surface area contributed by atoms with Crippen LogP contribution in [0.2, 0.25) is 0 Å². The fraction of sp³-hybridized carbons (Fsp3) is 0.462. The molecule has 0 aromatic carbocycles. The Hall–Kier alpha value is -1.12. The summed E-state index contributed by atoms with van der Waals surface area (Å²) in [5.74, 6) is 1.47. The van der Waals surface area contributed by atoms with Crippen molar-refractivity contribution in [1.82, 2.24) is 0 Å². The Morgan fingerprint density at radius 3 is 2.82 bits per heavy atom. The number of allylic oxidation sites excluding steroid dienone is 3. The lowest BCUT2D eigenvalue weighted by Crippen LogP contribution is -2.13. The van der Waals surface area contributed by atoms with Gasteiger partial charge in [0.25, 0.3) is 0 Å². The van der Waals surface area contributed by atoms with Gasteiger partial charge in [0.2, 0.25) is 0 Å². The van der Waals surface area contributed by atoms with E-state index >= 15 is 0 Å². The molecule has 0 aromatic heterocycles. The van der Waals surface area contributed by atoms with E-state index in [1.807, 2.05) is 5.94 Å². The molecule has 0 fully saturated rings. The van der Waals surface area contributed by atoms with Crippen LogP contribution in [0.4, 0.5) is 0 Å². The molecule has 17 heavy (non-hydrogen) atoms. The number of ether oxygens (including phenoxy) is 1. The van der Waals surface area contributed by atoms with Crippen LogP contribution in [0, 0.1) is 0 Å². The molecule has 0 saturated carbocycles. The standard InChI is InChI=1S/C13H15BrO3/c1-2-3-4-7-17-13(16)10-5-6-11(9-15)12(14)8-10/h5-6,8,12H,2-4,7H2,1H3. The average Bonchev–Trinajstić information content (AvgIpc) is 2.34. The molecule has 0 N–H and O–H groups in total. The molecule has 1 rings (SSSR count). The van der Waals surface area contributed by atoms with Gasteiger partial charge in [-0.15, -0.1) is 0 Å². The fourth-order valence-electron chi connectivity index (χ4n) is 1.40. The minimum atomic E-state index is -0.341. The van der Waals surface area contributed by atoms with Crippen molar-refractivity contribution >= 4 is 27.8 Å². The molecule has 1 atom stereocenters. The van der Waals surface area contributed by atoms with E-state index in [0.717, 1.165) is 19.3 Å². The van der Waals surface area contributed by atoms with E-state index in [1.54, 1.807) is 18.2 Å². The Kier molecular flexibility index (Phi) is 5.95. The third kappa shape index (κ3) is 4.33. The fourth-order valence-corrected chi connectivity index (χ4v) is 1.93. The number of unbranched alkanes of at least 4 members (excludes halogenated alkanes) is 2. The van der Waals surface area contributed by atoms with Crippen LogP contribution in [0.15, 0.2) is 29.4 Å². The minimum absolute atomic E-state index is 0.261. The highest BCUT2D eigenvalue weighted by molar-refractivity contribution is 9.09. The van der Waals surface area contributed by atoms with Gasteiger partial charge in [0.05, 0.1) is 22.6 Å². The van der Waals surface area contributed by atoms with Crippen LogP contribution in [-0.2, 0) is 14.3 Å². The second-order valence-electron chi connectivity index (χ2n) is 3.76. The highest BCUT2D eigenvalue weighted by Gasteiger charge is 2.17. The molecule has 1 unspecified atom stereocenters. The SMILES string of the molecule is CCCCCOC(=O)C1=CC(Br)C(=C=O)C=C1. The lowest BCUT2D eigenvalue weighted by molar-refractivity contribution is -0.138. The van der Waals surface area contributed by atoms with Crippen molar-refractivity contribution in [2.45, 2.75) is 31.0 Å². The summed E-state index contributed by atoms with van der Waals surface area (Å²) in [4.78, 5) is 21.9. The van der Waals surface area contributed by atoms with E-state index in [-0.39, 0.29) is 10.8 Å². The van der Waals surface area contributed by atoms with E-state index in [9.17, 15) is 9.59 Å². The first-order chi connectivity index (χ1) is 8.19. The minimum Gasteiger partial charge on any atom is -0.462 e. The molecule has 0 spiro atoms. The Balaban J connectivity index is 2.49. The third-order valence-corrected chi connectivity index (χ3v) is 3.16. The van der Waals surface area contributed by atoms with Gasteiger partial charge in [-0.2, -0.15) is 0 Å².